The number of rotatable bonds is 3. The van der Waals surface area contributed by atoms with Crippen LogP contribution in [0.25, 0.3) is 0 Å². The van der Waals surface area contributed by atoms with Crippen LogP contribution in [0.2, 0.25) is 5.02 Å². The number of ether oxygens (including phenoxy) is 1. The maximum Gasteiger partial charge on any atom is 0.264 e. The van der Waals surface area contributed by atoms with Crippen LogP contribution in [0.3, 0.4) is 0 Å². The van der Waals surface area contributed by atoms with E-state index < -0.39 is 0 Å². The maximum absolute atomic E-state index is 12.5. The quantitative estimate of drug-likeness (QED) is 0.856. The zero-order valence-electron chi connectivity index (χ0n) is 12.5. The number of halogens is 1. The first-order chi connectivity index (χ1) is 10.6. The molecule has 1 aliphatic heterocycles. The lowest BCUT2D eigenvalue weighted by Crippen LogP contribution is -2.38. The Morgan fingerprint density at radius 3 is 2.91 bits per heavy atom. The Morgan fingerprint density at radius 2 is 2.09 bits per heavy atom. The topological polar surface area (TPSA) is 29.5 Å². The van der Waals surface area contributed by atoms with Crippen molar-refractivity contribution in [1.29, 1.82) is 0 Å². The fraction of sp³-hybridized carbons (Fsp3) is 0.278. The van der Waals surface area contributed by atoms with E-state index in [2.05, 4.69) is 13.0 Å². The van der Waals surface area contributed by atoms with E-state index in [1.165, 1.54) is 11.1 Å². The van der Waals surface area contributed by atoms with Crippen molar-refractivity contribution in [2.75, 3.05) is 18.1 Å². The Morgan fingerprint density at radius 1 is 1.27 bits per heavy atom. The molecule has 1 amide bonds. The highest BCUT2D eigenvalue weighted by Crippen LogP contribution is 2.28. The molecule has 0 bridgehead atoms. The van der Waals surface area contributed by atoms with E-state index in [1.54, 1.807) is 12.1 Å². The minimum atomic E-state index is -0.0373. The molecule has 1 heterocycles. The van der Waals surface area contributed by atoms with Crippen molar-refractivity contribution >= 4 is 23.2 Å². The molecule has 4 heteroatoms. The molecule has 3 nitrogen and oxygen atoms in total. The molecule has 2 aromatic rings. The van der Waals surface area contributed by atoms with Crippen LogP contribution < -0.4 is 9.64 Å². The highest BCUT2D eigenvalue weighted by molar-refractivity contribution is 6.32. The molecule has 0 aromatic heterocycles. The summed E-state index contributed by atoms with van der Waals surface area (Å²) >= 11 is 6.04. The number of anilines is 1. The van der Waals surface area contributed by atoms with Crippen molar-refractivity contribution in [1.82, 2.24) is 0 Å². The van der Waals surface area contributed by atoms with Crippen LogP contribution in [-0.4, -0.2) is 19.1 Å². The third kappa shape index (κ3) is 3.09. The smallest absolute Gasteiger partial charge is 0.264 e. The van der Waals surface area contributed by atoms with Crippen LogP contribution in [0.4, 0.5) is 5.69 Å². The van der Waals surface area contributed by atoms with Crippen LogP contribution in [0.1, 0.15) is 17.5 Å². The lowest BCUT2D eigenvalue weighted by molar-refractivity contribution is -0.120. The number of carbonyl (C=O) groups excluding carboxylic acids is 1. The molecule has 0 N–H and O–H groups in total. The lowest BCUT2D eigenvalue weighted by Gasteiger charge is -2.29. The van der Waals surface area contributed by atoms with Crippen molar-refractivity contribution < 1.29 is 9.53 Å². The lowest BCUT2D eigenvalue weighted by atomic mass is 9.99. The molecule has 3 rings (SSSR count). The van der Waals surface area contributed by atoms with Gasteiger partial charge in [-0.3, -0.25) is 4.79 Å². The van der Waals surface area contributed by atoms with E-state index >= 15 is 0 Å². The molecule has 2 aromatic carbocycles. The highest BCUT2D eigenvalue weighted by Gasteiger charge is 2.22. The Bertz CT molecular complexity index is 699. The standard InChI is InChI=1S/C18H18ClNO2/c1-13-8-9-16-14(11-13)5-4-10-20(16)18(21)12-22-17-7-3-2-6-15(17)19/h2-3,6-9,11H,4-5,10,12H2,1H3. The minimum Gasteiger partial charge on any atom is -0.482 e. The number of benzene rings is 2. The molecule has 22 heavy (non-hydrogen) atoms. The molecule has 0 fully saturated rings. The number of carbonyl (C=O) groups is 1. The van der Waals surface area contributed by atoms with Gasteiger partial charge in [0, 0.05) is 12.2 Å². The molecular weight excluding hydrogens is 298 g/mol. The summed E-state index contributed by atoms with van der Waals surface area (Å²) in [4.78, 5) is 14.3. The van der Waals surface area contributed by atoms with Crippen molar-refractivity contribution in [2.24, 2.45) is 0 Å². The molecule has 0 spiro atoms. The van der Waals surface area contributed by atoms with Crippen LogP contribution >= 0.6 is 11.6 Å². The Hall–Kier alpha value is -2.00. The number of fused-ring (bicyclic) bond motifs is 1. The van der Waals surface area contributed by atoms with Crippen LogP contribution in [0.5, 0.6) is 5.75 Å². The first-order valence-corrected chi connectivity index (χ1v) is 7.80. The second-order valence-corrected chi connectivity index (χ2v) is 5.91. The third-order valence-electron chi connectivity index (χ3n) is 3.84. The summed E-state index contributed by atoms with van der Waals surface area (Å²) < 4.78 is 5.57. The average molecular weight is 316 g/mol. The maximum atomic E-state index is 12.5. The van der Waals surface area contributed by atoms with Gasteiger partial charge in [-0.05, 0) is 43.5 Å². The number of nitrogens with zero attached hydrogens (tertiary/aromatic N) is 1. The summed E-state index contributed by atoms with van der Waals surface area (Å²) in [5, 5.41) is 0.518. The molecule has 1 aliphatic rings. The summed E-state index contributed by atoms with van der Waals surface area (Å²) in [5.41, 5.74) is 3.46. The van der Waals surface area contributed by atoms with Gasteiger partial charge in [0.15, 0.2) is 6.61 Å². The zero-order valence-corrected chi connectivity index (χ0v) is 13.3. The van der Waals surface area contributed by atoms with Crippen LogP contribution in [-0.2, 0) is 11.2 Å². The predicted octanol–water partition coefficient (Wildman–Crippen LogP) is 4.01. The van der Waals surface area contributed by atoms with Crippen LogP contribution in [0.15, 0.2) is 42.5 Å². The Kier molecular flexibility index (Phi) is 4.34. The van der Waals surface area contributed by atoms with Gasteiger partial charge in [0.1, 0.15) is 5.75 Å². The van der Waals surface area contributed by atoms with E-state index in [9.17, 15) is 4.79 Å². The monoisotopic (exact) mass is 315 g/mol. The number of hydrogen-bond donors (Lipinski definition) is 0. The second kappa shape index (κ2) is 6.41. The third-order valence-corrected chi connectivity index (χ3v) is 4.15. The van der Waals surface area contributed by atoms with Gasteiger partial charge in [-0.1, -0.05) is 41.4 Å². The molecule has 0 saturated carbocycles. The summed E-state index contributed by atoms with van der Waals surface area (Å²) in [6, 6.07) is 13.4. The summed E-state index contributed by atoms with van der Waals surface area (Å²) in [6.45, 7) is 2.80. The predicted molar refractivity (Wildman–Crippen MR) is 88.8 cm³/mol. The van der Waals surface area contributed by atoms with E-state index in [0.717, 1.165) is 25.1 Å². The number of hydrogen-bond acceptors (Lipinski definition) is 2. The fourth-order valence-corrected chi connectivity index (χ4v) is 2.95. The van der Waals surface area contributed by atoms with Gasteiger partial charge in [0.25, 0.3) is 5.91 Å². The first-order valence-electron chi connectivity index (χ1n) is 7.42. The molecule has 114 valence electrons. The van der Waals surface area contributed by atoms with Crippen molar-refractivity contribution in [3.8, 4) is 5.75 Å². The van der Waals surface area contributed by atoms with Crippen molar-refractivity contribution in [3.63, 3.8) is 0 Å². The summed E-state index contributed by atoms with van der Waals surface area (Å²) in [6.07, 6.45) is 2.00. The molecule has 0 aliphatic carbocycles. The highest BCUT2D eigenvalue weighted by atomic mass is 35.5. The number of amides is 1. The van der Waals surface area contributed by atoms with Gasteiger partial charge in [-0.15, -0.1) is 0 Å². The second-order valence-electron chi connectivity index (χ2n) is 5.50. The molecule has 0 radical (unpaired) electrons. The van der Waals surface area contributed by atoms with Gasteiger partial charge in [-0.2, -0.15) is 0 Å². The molecule has 0 unspecified atom stereocenters. The van der Waals surface area contributed by atoms with Crippen LogP contribution in [0, 0.1) is 6.92 Å². The molecular formula is C18H18ClNO2. The normalized spacial score (nSPS) is 13.6. The van der Waals surface area contributed by atoms with E-state index in [1.807, 2.05) is 29.2 Å². The minimum absolute atomic E-state index is 0.00293. The summed E-state index contributed by atoms with van der Waals surface area (Å²) in [7, 11) is 0. The number of aryl methyl sites for hydroxylation is 2. The van der Waals surface area contributed by atoms with Crippen molar-refractivity contribution in [3.05, 3.63) is 58.6 Å². The largest absolute Gasteiger partial charge is 0.482 e. The van der Waals surface area contributed by atoms with Gasteiger partial charge in [-0.25, -0.2) is 0 Å². The zero-order chi connectivity index (χ0) is 15.5. The van der Waals surface area contributed by atoms with E-state index in [4.69, 9.17) is 16.3 Å². The van der Waals surface area contributed by atoms with Gasteiger partial charge < -0.3 is 9.64 Å². The van der Waals surface area contributed by atoms with Gasteiger partial charge >= 0.3 is 0 Å². The van der Waals surface area contributed by atoms with Crippen molar-refractivity contribution in [2.45, 2.75) is 19.8 Å². The van der Waals surface area contributed by atoms with Gasteiger partial charge in [0.2, 0.25) is 0 Å². The summed E-state index contributed by atoms with van der Waals surface area (Å²) in [5.74, 6) is 0.503. The Balaban J connectivity index is 1.73. The van der Waals surface area contributed by atoms with E-state index in [-0.39, 0.29) is 12.5 Å². The van der Waals surface area contributed by atoms with E-state index in [0.29, 0.717) is 10.8 Å². The number of para-hydroxylation sites is 1. The first kappa shape index (κ1) is 14.9. The average Bonchev–Trinajstić information content (AvgIpc) is 2.53. The van der Waals surface area contributed by atoms with Gasteiger partial charge in [0.05, 0.1) is 5.02 Å². The fourth-order valence-electron chi connectivity index (χ4n) is 2.76. The molecule has 0 atom stereocenters. The SMILES string of the molecule is Cc1ccc2c(c1)CCCN2C(=O)COc1ccccc1Cl. The molecule has 0 saturated heterocycles. The Labute approximate surface area is 135 Å².